The third-order valence-electron chi connectivity index (χ3n) is 8.26. The van der Waals surface area contributed by atoms with Gasteiger partial charge in [0.25, 0.3) is 5.91 Å². The molecule has 1 fully saturated rings. The third kappa shape index (κ3) is 6.74. The highest BCUT2D eigenvalue weighted by Crippen LogP contribution is 2.36. The van der Waals surface area contributed by atoms with Gasteiger partial charge in [0.2, 0.25) is 5.91 Å². The maximum atomic E-state index is 13.4. The van der Waals surface area contributed by atoms with E-state index < -0.39 is 0 Å². The largest absolute Gasteiger partial charge is 0.385 e. The summed E-state index contributed by atoms with van der Waals surface area (Å²) >= 11 is 0. The summed E-state index contributed by atoms with van der Waals surface area (Å²) < 4.78 is 9.38. The first-order valence-corrected chi connectivity index (χ1v) is 14.8. The lowest BCUT2D eigenvalue weighted by atomic mass is 9.91. The molecule has 5 rings (SSSR count). The summed E-state index contributed by atoms with van der Waals surface area (Å²) in [4.78, 5) is 27.8. The Labute approximate surface area is 247 Å². The fraction of sp³-hybridized carbons (Fsp3) is 0.424. The number of ether oxygens (including phenoxy) is 1. The molecule has 2 aromatic carbocycles. The van der Waals surface area contributed by atoms with Crippen LogP contribution in [0.4, 0.5) is 5.69 Å². The van der Waals surface area contributed by atoms with Crippen LogP contribution in [-0.4, -0.2) is 63.9 Å². The van der Waals surface area contributed by atoms with Crippen LogP contribution in [0.15, 0.2) is 60.8 Å². The number of para-hydroxylation sites is 1. The van der Waals surface area contributed by atoms with Crippen LogP contribution in [0.3, 0.4) is 0 Å². The second kappa shape index (κ2) is 13.4. The average molecular weight is 571 g/mol. The Balaban J connectivity index is 1.19. The van der Waals surface area contributed by atoms with E-state index in [0.29, 0.717) is 30.1 Å². The number of amides is 2. The number of carbonyl (C=O) groups is 2. The van der Waals surface area contributed by atoms with Gasteiger partial charge in [-0.2, -0.15) is 5.10 Å². The molecule has 0 aliphatic carbocycles. The zero-order chi connectivity index (χ0) is 29.6. The highest BCUT2D eigenvalue weighted by atomic mass is 16.5. The van der Waals surface area contributed by atoms with Crippen LogP contribution in [0, 0.1) is 6.92 Å². The number of fused-ring (bicyclic) bond motifs is 1. The number of hydrogen-bond acceptors (Lipinski definition) is 5. The predicted octanol–water partition coefficient (Wildman–Crippen LogP) is 4.64. The van der Waals surface area contributed by atoms with Crippen LogP contribution in [0.2, 0.25) is 0 Å². The van der Waals surface area contributed by atoms with Crippen molar-refractivity contribution in [1.82, 2.24) is 19.2 Å². The van der Waals surface area contributed by atoms with Gasteiger partial charge in [0.05, 0.1) is 0 Å². The lowest BCUT2D eigenvalue weighted by molar-refractivity contribution is -0.132. The first-order valence-electron chi connectivity index (χ1n) is 14.8. The molecule has 1 aliphatic rings. The number of nitrogens with zero attached hydrogens (tertiary/aromatic N) is 4. The van der Waals surface area contributed by atoms with Gasteiger partial charge in [0, 0.05) is 87.3 Å². The number of hydrogen-bond donors (Lipinski definition) is 2. The maximum absolute atomic E-state index is 13.4. The number of rotatable bonds is 11. The molecule has 222 valence electrons. The number of carbonyl (C=O) groups excluding carboxylic acids is 2. The van der Waals surface area contributed by atoms with Gasteiger partial charge in [0.1, 0.15) is 0 Å². The Hall–Kier alpha value is -3.95. The van der Waals surface area contributed by atoms with Crippen LogP contribution < -0.4 is 11.1 Å². The monoisotopic (exact) mass is 570 g/mol. The lowest BCUT2D eigenvalue weighted by Gasteiger charge is -2.34. The molecule has 0 saturated carbocycles. The molecule has 9 nitrogen and oxygen atoms in total. The van der Waals surface area contributed by atoms with Crippen LogP contribution in [0.25, 0.3) is 10.9 Å². The van der Waals surface area contributed by atoms with Crippen molar-refractivity contribution in [3.8, 4) is 0 Å². The van der Waals surface area contributed by atoms with Crippen molar-refractivity contribution in [3.05, 3.63) is 83.3 Å². The van der Waals surface area contributed by atoms with Crippen LogP contribution >= 0.6 is 0 Å². The topological polar surface area (TPSA) is 107 Å². The van der Waals surface area contributed by atoms with E-state index in [-0.39, 0.29) is 17.9 Å². The van der Waals surface area contributed by atoms with Crippen molar-refractivity contribution in [3.63, 3.8) is 0 Å². The van der Waals surface area contributed by atoms with Crippen molar-refractivity contribution < 1.29 is 14.3 Å². The Morgan fingerprint density at radius 2 is 1.93 bits per heavy atom. The smallest absolute Gasteiger partial charge is 0.276 e. The normalized spacial score (nSPS) is 16.1. The summed E-state index contributed by atoms with van der Waals surface area (Å²) in [6.45, 7) is 5.34. The summed E-state index contributed by atoms with van der Waals surface area (Å²) in [5.41, 5.74) is 12.5. The first kappa shape index (κ1) is 29.5. The molecule has 2 amide bonds. The predicted molar refractivity (Wildman–Crippen MR) is 166 cm³/mol. The Bertz CT molecular complexity index is 1520. The van der Waals surface area contributed by atoms with E-state index in [1.54, 1.807) is 31.1 Å². The molecule has 42 heavy (non-hydrogen) atoms. The average Bonchev–Trinajstić information content (AvgIpc) is 3.55. The number of likely N-dealkylation sites (tertiary alicyclic amines) is 1. The second-order valence-corrected chi connectivity index (χ2v) is 11.4. The molecule has 9 heteroatoms. The van der Waals surface area contributed by atoms with Gasteiger partial charge >= 0.3 is 0 Å². The molecule has 4 aromatic rings. The minimum atomic E-state index is -0.283. The van der Waals surface area contributed by atoms with E-state index in [0.717, 1.165) is 51.1 Å². The zero-order valence-electron chi connectivity index (χ0n) is 24.9. The van der Waals surface area contributed by atoms with E-state index in [9.17, 15) is 9.59 Å². The molecular weight excluding hydrogens is 528 g/mol. The molecule has 0 radical (unpaired) electrons. The lowest BCUT2D eigenvalue weighted by Crippen LogP contribution is -2.42. The van der Waals surface area contributed by atoms with Crippen molar-refractivity contribution in [2.24, 2.45) is 12.8 Å². The van der Waals surface area contributed by atoms with E-state index in [4.69, 9.17) is 10.5 Å². The zero-order valence-corrected chi connectivity index (χ0v) is 24.9. The molecule has 3 heterocycles. The molecule has 0 spiro atoms. The highest BCUT2D eigenvalue weighted by molar-refractivity contribution is 6.02. The molecule has 2 atom stereocenters. The summed E-state index contributed by atoms with van der Waals surface area (Å²) in [5.74, 6) is 0.157. The number of aromatic nitrogens is 3. The van der Waals surface area contributed by atoms with Crippen LogP contribution in [0.1, 0.15) is 58.9 Å². The van der Waals surface area contributed by atoms with Gasteiger partial charge in [-0.25, -0.2) is 0 Å². The Kier molecular flexibility index (Phi) is 9.39. The van der Waals surface area contributed by atoms with E-state index in [1.165, 1.54) is 22.2 Å². The van der Waals surface area contributed by atoms with Crippen molar-refractivity contribution in [2.75, 3.05) is 32.1 Å². The number of nitrogens with one attached hydrogen (secondary N) is 1. The van der Waals surface area contributed by atoms with Gasteiger partial charge in [-0.15, -0.1) is 0 Å². The molecular formula is C33H42N6O3. The third-order valence-corrected chi connectivity index (χ3v) is 8.26. The summed E-state index contributed by atoms with van der Waals surface area (Å²) in [7, 11) is 3.52. The molecule has 2 aromatic heterocycles. The van der Waals surface area contributed by atoms with Crippen LogP contribution in [-0.2, 0) is 29.5 Å². The molecule has 1 aliphatic heterocycles. The van der Waals surface area contributed by atoms with Gasteiger partial charge in [0.15, 0.2) is 5.69 Å². The maximum Gasteiger partial charge on any atom is 0.276 e. The van der Waals surface area contributed by atoms with Crippen molar-refractivity contribution in [2.45, 2.75) is 57.5 Å². The number of piperidine rings is 1. The van der Waals surface area contributed by atoms with Gasteiger partial charge in [-0.05, 0) is 68.0 Å². The van der Waals surface area contributed by atoms with Crippen molar-refractivity contribution in [1.29, 1.82) is 0 Å². The number of anilines is 1. The summed E-state index contributed by atoms with van der Waals surface area (Å²) in [5, 5.41) is 8.28. The Morgan fingerprint density at radius 3 is 2.67 bits per heavy atom. The highest BCUT2D eigenvalue weighted by Gasteiger charge is 2.29. The number of aryl methyl sites for hydroxylation is 3. The fourth-order valence-electron chi connectivity index (χ4n) is 6.24. The van der Waals surface area contributed by atoms with E-state index in [1.807, 2.05) is 29.2 Å². The number of benzene rings is 2. The SMILES string of the molecule is COCCCn1c(C2CCCN(C(=O)C[C@H](N)Cc3ccc(NC(=O)c4ccn(C)n4)cc3)C2)c(C)c2ccccc21. The summed E-state index contributed by atoms with van der Waals surface area (Å²) in [6.07, 6.45) is 5.63. The fourth-order valence-corrected chi connectivity index (χ4v) is 6.24. The quantitative estimate of drug-likeness (QED) is 0.256. The minimum absolute atomic E-state index is 0.117. The number of nitrogens with two attached hydrogens (primary N) is 1. The summed E-state index contributed by atoms with van der Waals surface area (Å²) in [6, 6.07) is 17.6. The van der Waals surface area contributed by atoms with Gasteiger partial charge in [-0.3, -0.25) is 14.3 Å². The van der Waals surface area contributed by atoms with Crippen molar-refractivity contribution >= 4 is 28.4 Å². The minimum Gasteiger partial charge on any atom is -0.385 e. The van der Waals surface area contributed by atoms with Gasteiger partial charge in [-0.1, -0.05) is 30.3 Å². The Morgan fingerprint density at radius 1 is 1.14 bits per heavy atom. The van der Waals surface area contributed by atoms with E-state index >= 15 is 0 Å². The standard InChI is InChI=1S/C33H42N6O3/c1-23-28-9-4-5-10-30(28)39(17-7-19-42-3)32(23)25-8-6-16-38(22-25)31(40)21-26(34)20-24-11-13-27(14-12-24)35-33(41)29-15-18-37(2)36-29/h4-5,9-15,18,25-26H,6-8,16-17,19-22,34H2,1-3H3,(H,35,41)/t25?,26-/m1/s1. The van der Waals surface area contributed by atoms with E-state index in [2.05, 4.69) is 46.2 Å². The number of methoxy groups -OCH3 is 1. The first-order chi connectivity index (χ1) is 20.3. The molecule has 1 saturated heterocycles. The molecule has 1 unspecified atom stereocenters. The molecule has 0 bridgehead atoms. The molecule has 3 N–H and O–H groups in total. The second-order valence-electron chi connectivity index (χ2n) is 11.4. The van der Waals surface area contributed by atoms with Crippen LogP contribution in [0.5, 0.6) is 0 Å². The van der Waals surface area contributed by atoms with Gasteiger partial charge < -0.3 is 25.3 Å².